The van der Waals surface area contributed by atoms with Crippen LogP contribution in [0.3, 0.4) is 0 Å². The predicted molar refractivity (Wildman–Crippen MR) is 106 cm³/mol. The molecule has 2 rings (SSSR count). The molecule has 0 amide bonds. The van der Waals surface area contributed by atoms with Crippen LogP contribution in [0, 0.1) is 5.92 Å². The Kier molecular flexibility index (Phi) is 7.06. The summed E-state index contributed by atoms with van der Waals surface area (Å²) >= 11 is 0. The highest BCUT2D eigenvalue weighted by atomic mass is 32.2. The number of aliphatic imine (C=N–C) groups is 1. The van der Waals surface area contributed by atoms with Gasteiger partial charge in [-0.3, -0.25) is 4.99 Å². The van der Waals surface area contributed by atoms with Crippen molar-refractivity contribution in [3.05, 3.63) is 35.9 Å². The molecule has 0 aromatic heterocycles. The summed E-state index contributed by atoms with van der Waals surface area (Å²) in [6.07, 6.45) is 0. The summed E-state index contributed by atoms with van der Waals surface area (Å²) in [6.45, 7) is 8.60. The van der Waals surface area contributed by atoms with E-state index in [1.807, 2.05) is 23.1 Å². The van der Waals surface area contributed by atoms with E-state index in [1.165, 1.54) is 5.56 Å². The van der Waals surface area contributed by atoms with Gasteiger partial charge in [-0.2, -0.15) is 0 Å². The molecule has 26 heavy (non-hydrogen) atoms. The van der Waals surface area contributed by atoms with Crippen molar-refractivity contribution in [1.29, 1.82) is 0 Å². The van der Waals surface area contributed by atoms with Crippen molar-refractivity contribution in [2.75, 3.05) is 39.0 Å². The Labute approximate surface area is 157 Å². The molecule has 0 bridgehead atoms. The van der Waals surface area contributed by atoms with Crippen molar-refractivity contribution in [3.63, 3.8) is 0 Å². The first kappa shape index (κ1) is 20.7. The van der Waals surface area contributed by atoms with Crippen molar-refractivity contribution in [2.24, 2.45) is 10.9 Å². The molecule has 0 saturated carbocycles. The fourth-order valence-electron chi connectivity index (χ4n) is 2.93. The summed E-state index contributed by atoms with van der Waals surface area (Å²) in [6, 6.07) is 10.1. The van der Waals surface area contributed by atoms with E-state index in [-0.39, 0.29) is 5.75 Å². The van der Waals surface area contributed by atoms with Crippen LogP contribution in [0.15, 0.2) is 35.3 Å². The lowest BCUT2D eigenvalue weighted by Crippen LogP contribution is -2.57. The highest BCUT2D eigenvalue weighted by molar-refractivity contribution is 7.92. The van der Waals surface area contributed by atoms with Gasteiger partial charge in [0, 0.05) is 26.7 Å². The van der Waals surface area contributed by atoms with Crippen LogP contribution >= 0.6 is 0 Å². The van der Waals surface area contributed by atoms with Gasteiger partial charge < -0.3 is 15.0 Å². The third kappa shape index (κ3) is 5.45. The number of sulfone groups is 1. The van der Waals surface area contributed by atoms with Gasteiger partial charge in [0.15, 0.2) is 15.8 Å². The molecule has 1 fully saturated rings. The van der Waals surface area contributed by atoms with Crippen LogP contribution in [0.4, 0.5) is 0 Å². The molecule has 1 aliphatic heterocycles. The summed E-state index contributed by atoms with van der Waals surface area (Å²) in [5.74, 6) is 1.23. The highest BCUT2D eigenvalue weighted by Crippen LogP contribution is 2.23. The van der Waals surface area contributed by atoms with Crippen LogP contribution < -0.4 is 5.32 Å². The van der Waals surface area contributed by atoms with Gasteiger partial charge in [-0.15, -0.1) is 0 Å². The number of rotatable bonds is 6. The maximum Gasteiger partial charge on any atom is 0.193 e. The second-order valence-corrected chi connectivity index (χ2v) is 10.3. The summed E-state index contributed by atoms with van der Waals surface area (Å²) in [7, 11) is -1.32. The Morgan fingerprint density at radius 3 is 2.65 bits per heavy atom. The molecule has 7 heteroatoms. The van der Waals surface area contributed by atoms with Gasteiger partial charge in [-0.25, -0.2) is 8.42 Å². The van der Waals surface area contributed by atoms with Crippen LogP contribution in [-0.4, -0.2) is 63.1 Å². The first-order chi connectivity index (χ1) is 12.2. The van der Waals surface area contributed by atoms with E-state index in [0.29, 0.717) is 32.2 Å². The number of nitrogens with zero attached hydrogens (tertiary/aromatic N) is 2. The van der Waals surface area contributed by atoms with E-state index in [0.717, 1.165) is 12.5 Å². The Morgan fingerprint density at radius 2 is 2.04 bits per heavy atom. The standard InChI is InChI=1S/C19H31N3O3S/c1-16(13-25-14-17-8-6-5-7-9-17)12-21-18(20-4)22-10-11-26(23,24)19(2,3)15-22/h5-9,16H,10-15H2,1-4H3,(H,20,21). The monoisotopic (exact) mass is 381 g/mol. The number of benzene rings is 1. The number of hydrogen-bond donors (Lipinski definition) is 1. The first-order valence-corrected chi connectivity index (χ1v) is 10.7. The van der Waals surface area contributed by atoms with Crippen molar-refractivity contribution in [1.82, 2.24) is 10.2 Å². The molecule has 1 aromatic rings. The third-order valence-corrected chi connectivity index (χ3v) is 7.21. The zero-order chi connectivity index (χ0) is 19.2. The molecule has 1 N–H and O–H groups in total. The largest absolute Gasteiger partial charge is 0.376 e. The second kappa shape index (κ2) is 8.86. The van der Waals surface area contributed by atoms with Gasteiger partial charge in [-0.1, -0.05) is 37.3 Å². The van der Waals surface area contributed by atoms with E-state index in [4.69, 9.17) is 4.74 Å². The minimum absolute atomic E-state index is 0.163. The topological polar surface area (TPSA) is 71.0 Å². The molecule has 6 nitrogen and oxygen atoms in total. The summed E-state index contributed by atoms with van der Waals surface area (Å²) in [5, 5.41) is 3.35. The third-order valence-electron chi connectivity index (χ3n) is 4.68. The maximum atomic E-state index is 12.2. The zero-order valence-electron chi connectivity index (χ0n) is 16.2. The fraction of sp³-hybridized carbons (Fsp3) is 0.632. The number of hydrogen-bond acceptors (Lipinski definition) is 4. The zero-order valence-corrected chi connectivity index (χ0v) is 17.1. The number of ether oxygens (including phenoxy) is 1. The van der Waals surface area contributed by atoms with Crippen LogP contribution in [0.2, 0.25) is 0 Å². The predicted octanol–water partition coefficient (Wildman–Crippen LogP) is 1.92. The van der Waals surface area contributed by atoms with Gasteiger partial charge >= 0.3 is 0 Å². The van der Waals surface area contributed by atoms with E-state index >= 15 is 0 Å². The molecule has 1 aromatic carbocycles. The normalized spacial score (nSPS) is 20.6. The Hall–Kier alpha value is -1.60. The van der Waals surface area contributed by atoms with Crippen LogP contribution in [-0.2, 0) is 21.2 Å². The Bertz CT molecular complexity index is 702. The summed E-state index contributed by atoms with van der Waals surface area (Å²) < 4.78 is 29.3. The smallest absolute Gasteiger partial charge is 0.193 e. The summed E-state index contributed by atoms with van der Waals surface area (Å²) in [4.78, 5) is 6.35. The van der Waals surface area contributed by atoms with Crippen LogP contribution in [0.5, 0.6) is 0 Å². The van der Waals surface area contributed by atoms with Crippen LogP contribution in [0.1, 0.15) is 26.3 Å². The van der Waals surface area contributed by atoms with E-state index in [2.05, 4.69) is 29.4 Å². The molecule has 0 spiro atoms. The quantitative estimate of drug-likeness (QED) is 0.602. The lowest BCUT2D eigenvalue weighted by atomic mass is 10.2. The lowest BCUT2D eigenvalue weighted by molar-refractivity contribution is 0.0929. The first-order valence-electron chi connectivity index (χ1n) is 9.05. The van der Waals surface area contributed by atoms with E-state index < -0.39 is 14.6 Å². The number of guanidine groups is 1. The van der Waals surface area contributed by atoms with Crippen LogP contribution in [0.25, 0.3) is 0 Å². The molecule has 1 unspecified atom stereocenters. The summed E-state index contributed by atoms with van der Waals surface area (Å²) in [5.41, 5.74) is 1.17. The molecule has 1 heterocycles. The lowest BCUT2D eigenvalue weighted by Gasteiger charge is -2.39. The molecule has 0 radical (unpaired) electrons. The van der Waals surface area contributed by atoms with Crippen molar-refractivity contribution < 1.29 is 13.2 Å². The Balaban J connectivity index is 1.78. The SMILES string of the molecule is CN=C(NCC(C)COCc1ccccc1)N1CCS(=O)(=O)C(C)(C)C1. The molecular weight excluding hydrogens is 350 g/mol. The van der Waals surface area contributed by atoms with Gasteiger partial charge in [0.25, 0.3) is 0 Å². The molecule has 146 valence electrons. The Morgan fingerprint density at radius 1 is 1.35 bits per heavy atom. The van der Waals surface area contributed by atoms with Gasteiger partial charge in [0.05, 0.1) is 23.7 Å². The van der Waals surface area contributed by atoms with E-state index in [9.17, 15) is 8.42 Å². The minimum atomic E-state index is -3.05. The average Bonchev–Trinajstić information content (AvgIpc) is 2.59. The molecule has 1 saturated heterocycles. The van der Waals surface area contributed by atoms with Crippen molar-refractivity contribution >= 4 is 15.8 Å². The van der Waals surface area contributed by atoms with Gasteiger partial charge in [-0.05, 0) is 25.3 Å². The number of nitrogens with one attached hydrogen (secondary N) is 1. The maximum absolute atomic E-state index is 12.2. The second-order valence-electron chi connectivity index (χ2n) is 7.53. The van der Waals surface area contributed by atoms with E-state index in [1.54, 1.807) is 20.9 Å². The van der Waals surface area contributed by atoms with Crippen molar-refractivity contribution in [2.45, 2.75) is 32.1 Å². The van der Waals surface area contributed by atoms with Gasteiger partial charge in [0.1, 0.15) is 0 Å². The molecule has 1 aliphatic rings. The fourth-order valence-corrected chi connectivity index (χ4v) is 4.30. The molecular formula is C19H31N3O3S. The minimum Gasteiger partial charge on any atom is -0.376 e. The average molecular weight is 382 g/mol. The van der Waals surface area contributed by atoms with Gasteiger partial charge in [0.2, 0.25) is 0 Å². The van der Waals surface area contributed by atoms with Crippen molar-refractivity contribution in [3.8, 4) is 0 Å². The molecule has 0 aliphatic carbocycles. The highest BCUT2D eigenvalue weighted by Gasteiger charge is 2.40. The molecule has 1 atom stereocenters.